The fourth-order valence-electron chi connectivity index (χ4n) is 5.53. The number of carboxylic acid groups (broad SMARTS) is 1. The predicted molar refractivity (Wildman–Crippen MR) is 120 cm³/mol. The fourth-order valence-corrected chi connectivity index (χ4v) is 5.53. The maximum atomic E-state index is 13.5. The van der Waals surface area contributed by atoms with Gasteiger partial charge < -0.3 is 15.0 Å². The van der Waals surface area contributed by atoms with E-state index in [4.69, 9.17) is 0 Å². The van der Waals surface area contributed by atoms with Gasteiger partial charge in [0.05, 0.1) is 11.5 Å². The average Bonchev–Trinajstić information content (AvgIpc) is 3.06. The van der Waals surface area contributed by atoms with Crippen LogP contribution in [0.1, 0.15) is 54.6 Å². The van der Waals surface area contributed by atoms with E-state index in [-0.39, 0.29) is 18.5 Å². The molecule has 31 heavy (non-hydrogen) atoms. The van der Waals surface area contributed by atoms with Gasteiger partial charge in [-0.1, -0.05) is 49.4 Å². The smallest absolute Gasteiger partial charge is 0.323 e. The van der Waals surface area contributed by atoms with E-state index < -0.39 is 11.4 Å². The van der Waals surface area contributed by atoms with Gasteiger partial charge >= 0.3 is 5.97 Å². The number of nitrogens with zero attached hydrogens (tertiary/aromatic N) is 1. The van der Waals surface area contributed by atoms with E-state index in [1.165, 1.54) is 11.1 Å². The van der Waals surface area contributed by atoms with Gasteiger partial charge in [-0.2, -0.15) is 0 Å². The van der Waals surface area contributed by atoms with Crippen LogP contribution in [-0.4, -0.2) is 21.6 Å². The largest absolute Gasteiger partial charge is 0.480 e. The zero-order valence-corrected chi connectivity index (χ0v) is 17.9. The van der Waals surface area contributed by atoms with Crippen molar-refractivity contribution in [3.8, 4) is 0 Å². The highest BCUT2D eigenvalue weighted by Gasteiger charge is 2.40. The Morgan fingerprint density at radius 1 is 1.13 bits per heavy atom. The number of para-hydroxylation sites is 1. The van der Waals surface area contributed by atoms with Crippen molar-refractivity contribution in [3.05, 3.63) is 70.9 Å². The summed E-state index contributed by atoms with van der Waals surface area (Å²) in [5, 5.41) is 13.8. The SMILES string of the molecule is CC1(C(=O)NC2CCCc3ccccc32)CCc2c(c3ccccc3n2CC(=O)O)C1. The molecule has 2 aliphatic rings. The average molecular weight is 417 g/mol. The van der Waals surface area contributed by atoms with Gasteiger partial charge in [-0.3, -0.25) is 9.59 Å². The van der Waals surface area contributed by atoms with Gasteiger partial charge in [0.25, 0.3) is 0 Å². The number of carbonyl (C=O) groups is 2. The normalized spacial score (nSPS) is 22.5. The lowest BCUT2D eigenvalue weighted by atomic mass is 9.73. The van der Waals surface area contributed by atoms with E-state index >= 15 is 0 Å². The molecule has 2 unspecified atom stereocenters. The van der Waals surface area contributed by atoms with E-state index in [1.54, 1.807) is 0 Å². The lowest BCUT2D eigenvalue weighted by molar-refractivity contribution is -0.137. The Morgan fingerprint density at radius 3 is 2.74 bits per heavy atom. The summed E-state index contributed by atoms with van der Waals surface area (Å²) >= 11 is 0. The molecule has 0 saturated carbocycles. The fraction of sp³-hybridized carbons (Fsp3) is 0.385. The van der Waals surface area contributed by atoms with Crippen molar-refractivity contribution >= 4 is 22.8 Å². The van der Waals surface area contributed by atoms with Crippen LogP contribution in [0.2, 0.25) is 0 Å². The van der Waals surface area contributed by atoms with Crippen molar-refractivity contribution in [1.29, 1.82) is 0 Å². The standard InChI is InChI=1S/C26H28N2O3/c1-26(25(31)27-21-11-6-8-17-7-2-3-9-18(17)21)14-13-23-20(15-26)19-10-4-5-12-22(19)28(23)16-24(29)30/h2-5,7,9-10,12,21H,6,8,11,13-16H2,1H3,(H,27,31)(H,29,30). The third-order valence-electron chi connectivity index (χ3n) is 7.19. The van der Waals surface area contributed by atoms with Gasteiger partial charge in [-0.25, -0.2) is 0 Å². The zero-order chi connectivity index (χ0) is 21.6. The first-order valence-corrected chi connectivity index (χ1v) is 11.2. The van der Waals surface area contributed by atoms with Gasteiger partial charge in [0, 0.05) is 16.6 Å². The van der Waals surface area contributed by atoms with Gasteiger partial charge in [0.15, 0.2) is 0 Å². The molecule has 1 aromatic heterocycles. The van der Waals surface area contributed by atoms with E-state index in [0.29, 0.717) is 12.8 Å². The first-order chi connectivity index (χ1) is 15.0. The summed E-state index contributed by atoms with van der Waals surface area (Å²) in [7, 11) is 0. The summed E-state index contributed by atoms with van der Waals surface area (Å²) in [6.45, 7) is 2.01. The van der Waals surface area contributed by atoms with Crippen molar-refractivity contribution < 1.29 is 14.7 Å². The Morgan fingerprint density at radius 2 is 1.90 bits per heavy atom. The van der Waals surface area contributed by atoms with Gasteiger partial charge in [0.2, 0.25) is 5.91 Å². The summed E-state index contributed by atoms with van der Waals surface area (Å²) in [4.78, 5) is 25.0. The second kappa shape index (κ2) is 7.56. The molecule has 0 aliphatic heterocycles. The van der Waals surface area contributed by atoms with Gasteiger partial charge in [-0.05, 0) is 61.3 Å². The van der Waals surface area contributed by atoms with Crippen LogP contribution in [0.5, 0.6) is 0 Å². The van der Waals surface area contributed by atoms with Crippen molar-refractivity contribution in [3.63, 3.8) is 0 Å². The lowest BCUT2D eigenvalue weighted by Crippen LogP contribution is -2.44. The minimum absolute atomic E-state index is 0.0440. The Hall–Kier alpha value is -3.08. The number of benzene rings is 2. The zero-order valence-electron chi connectivity index (χ0n) is 17.9. The van der Waals surface area contributed by atoms with E-state index in [1.807, 2.05) is 28.8 Å². The third kappa shape index (κ3) is 3.42. The summed E-state index contributed by atoms with van der Waals surface area (Å²) in [5.74, 6) is -0.736. The van der Waals surface area contributed by atoms with Crippen LogP contribution in [-0.2, 0) is 35.4 Å². The Labute approximate surface area is 182 Å². The van der Waals surface area contributed by atoms with Gasteiger partial charge in [0.1, 0.15) is 6.54 Å². The summed E-state index contributed by atoms with van der Waals surface area (Å²) in [6.07, 6.45) is 5.20. The summed E-state index contributed by atoms with van der Waals surface area (Å²) in [5.41, 5.74) is 5.23. The van der Waals surface area contributed by atoms with Crippen LogP contribution >= 0.6 is 0 Å². The number of carboxylic acids is 1. The Balaban J connectivity index is 1.45. The predicted octanol–water partition coefficient (Wildman–Crippen LogP) is 4.41. The number of aromatic nitrogens is 1. The summed E-state index contributed by atoms with van der Waals surface area (Å²) in [6, 6.07) is 16.5. The Kier molecular flexibility index (Phi) is 4.84. The van der Waals surface area contributed by atoms with Crippen LogP contribution in [0.15, 0.2) is 48.5 Å². The van der Waals surface area contributed by atoms with Crippen molar-refractivity contribution in [1.82, 2.24) is 9.88 Å². The molecule has 5 heteroatoms. The molecule has 0 bridgehead atoms. The highest BCUT2D eigenvalue weighted by Crippen LogP contribution is 2.41. The lowest BCUT2D eigenvalue weighted by Gasteiger charge is -2.36. The van der Waals surface area contributed by atoms with E-state index in [2.05, 4.69) is 36.5 Å². The highest BCUT2D eigenvalue weighted by atomic mass is 16.4. The van der Waals surface area contributed by atoms with E-state index in [9.17, 15) is 14.7 Å². The third-order valence-corrected chi connectivity index (χ3v) is 7.19. The molecule has 2 aromatic carbocycles. The second-order valence-electron chi connectivity index (χ2n) is 9.28. The molecule has 0 saturated heterocycles. The molecular formula is C26H28N2O3. The number of fused-ring (bicyclic) bond motifs is 4. The monoisotopic (exact) mass is 416 g/mol. The van der Waals surface area contributed by atoms with E-state index in [0.717, 1.165) is 47.8 Å². The number of hydrogen-bond acceptors (Lipinski definition) is 2. The molecule has 5 nitrogen and oxygen atoms in total. The molecule has 5 rings (SSSR count). The molecule has 2 N–H and O–H groups in total. The molecule has 0 radical (unpaired) electrons. The van der Waals surface area contributed by atoms with Crippen LogP contribution in [0.25, 0.3) is 10.9 Å². The van der Waals surface area contributed by atoms with Crippen LogP contribution in [0.3, 0.4) is 0 Å². The molecular weight excluding hydrogens is 388 g/mol. The van der Waals surface area contributed by atoms with Crippen molar-refractivity contribution in [2.75, 3.05) is 0 Å². The number of nitrogens with one attached hydrogen (secondary N) is 1. The highest BCUT2D eigenvalue weighted by molar-refractivity contribution is 5.90. The molecule has 1 heterocycles. The number of hydrogen-bond donors (Lipinski definition) is 2. The molecule has 0 spiro atoms. The number of carbonyl (C=O) groups excluding carboxylic acids is 1. The quantitative estimate of drug-likeness (QED) is 0.662. The minimum Gasteiger partial charge on any atom is -0.480 e. The molecule has 2 aliphatic carbocycles. The first-order valence-electron chi connectivity index (χ1n) is 11.2. The maximum Gasteiger partial charge on any atom is 0.323 e. The van der Waals surface area contributed by atoms with Crippen molar-refractivity contribution in [2.24, 2.45) is 5.41 Å². The van der Waals surface area contributed by atoms with Gasteiger partial charge in [-0.15, -0.1) is 0 Å². The number of amides is 1. The number of aliphatic carboxylic acids is 1. The molecule has 0 fully saturated rings. The summed E-state index contributed by atoms with van der Waals surface area (Å²) < 4.78 is 1.92. The van der Waals surface area contributed by atoms with Crippen molar-refractivity contribution in [2.45, 2.75) is 58.0 Å². The number of aryl methyl sites for hydroxylation is 1. The maximum absolute atomic E-state index is 13.5. The second-order valence-corrected chi connectivity index (χ2v) is 9.28. The Bertz CT molecular complexity index is 1180. The van der Waals surface area contributed by atoms with Crippen LogP contribution in [0.4, 0.5) is 0 Å². The topological polar surface area (TPSA) is 71.3 Å². The number of rotatable bonds is 4. The first kappa shape index (κ1) is 19.9. The molecule has 160 valence electrons. The molecule has 2 atom stereocenters. The molecule has 3 aromatic rings. The molecule has 1 amide bonds. The van der Waals surface area contributed by atoms with Crippen LogP contribution < -0.4 is 5.32 Å². The van der Waals surface area contributed by atoms with Crippen LogP contribution in [0, 0.1) is 5.41 Å². The minimum atomic E-state index is -0.842.